The topological polar surface area (TPSA) is 73.9 Å². The second kappa shape index (κ2) is 3.88. The fourth-order valence-corrected chi connectivity index (χ4v) is 2.82. The first-order valence-corrected chi connectivity index (χ1v) is 6.61. The van der Waals surface area contributed by atoms with Crippen LogP contribution >= 0.6 is 0 Å². The third-order valence-corrected chi connectivity index (χ3v) is 3.78. The molecule has 98 valence electrons. The van der Waals surface area contributed by atoms with Crippen molar-refractivity contribution >= 4 is 5.95 Å². The maximum absolute atomic E-state index is 5.86. The van der Waals surface area contributed by atoms with Crippen LogP contribution in [0.4, 0.5) is 5.95 Å². The molecule has 0 amide bonds. The summed E-state index contributed by atoms with van der Waals surface area (Å²) < 4.78 is 5.86. The molecule has 2 fully saturated rings. The van der Waals surface area contributed by atoms with Crippen molar-refractivity contribution < 1.29 is 4.74 Å². The Morgan fingerprint density at radius 3 is 2.50 bits per heavy atom. The van der Waals surface area contributed by atoms with Crippen LogP contribution in [-0.2, 0) is 10.2 Å². The first-order chi connectivity index (χ1) is 8.43. The van der Waals surface area contributed by atoms with Gasteiger partial charge in [-0.2, -0.15) is 9.97 Å². The molecule has 2 aliphatic heterocycles. The molecule has 0 aromatic carbocycles. The quantitative estimate of drug-likeness (QED) is 0.820. The summed E-state index contributed by atoms with van der Waals surface area (Å²) >= 11 is 0. The molecule has 3 rings (SSSR count). The van der Waals surface area contributed by atoms with Crippen LogP contribution < -0.4 is 5.73 Å². The Bertz CT molecular complexity index is 469. The number of hydrogen-bond acceptors (Lipinski definition) is 5. The molecule has 3 atom stereocenters. The number of nitrogens with zero attached hydrogens (tertiary/aromatic N) is 3. The lowest BCUT2D eigenvalue weighted by molar-refractivity contribution is 0.0998. The molecule has 1 aromatic rings. The van der Waals surface area contributed by atoms with Crippen molar-refractivity contribution in [1.82, 2.24) is 15.0 Å². The summed E-state index contributed by atoms with van der Waals surface area (Å²) in [6.45, 7) is 6.26. The highest BCUT2D eigenvalue weighted by atomic mass is 16.5. The molecule has 1 aromatic heterocycles. The van der Waals surface area contributed by atoms with Crippen LogP contribution in [0, 0.1) is 0 Å². The smallest absolute Gasteiger partial charge is 0.223 e. The van der Waals surface area contributed by atoms with Crippen molar-refractivity contribution in [2.24, 2.45) is 0 Å². The molecule has 2 N–H and O–H groups in total. The average molecular weight is 248 g/mol. The van der Waals surface area contributed by atoms with Gasteiger partial charge in [0.15, 0.2) is 0 Å². The second-order valence-corrected chi connectivity index (χ2v) is 6.34. The minimum absolute atomic E-state index is 0.107. The Kier molecular flexibility index (Phi) is 2.55. The maximum atomic E-state index is 5.86. The van der Waals surface area contributed by atoms with Crippen LogP contribution in [0.2, 0.25) is 0 Å². The normalized spacial score (nSPS) is 30.9. The van der Waals surface area contributed by atoms with Gasteiger partial charge in [-0.25, -0.2) is 4.98 Å². The first kappa shape index (κ1) is 11.8. The van der Waals surface area contributed by atoms with E-state index in [-0.39, 0.29) is 11.5 Å². The monoisotopic (exact) mass is 248 g/mol. The Morgan fingerprint density at radius 2 is 1.94 bits per heavy atom. The molecule has 2 bridgehead atoms. The molecule has 5 nitrogen and oxygen atoms in total. The van der Waals surface area contributed by atoms with Crippen LogP contribution in [-0.4, -0.2) is 27.2 Å². The van der Waals surface area contributed by atoms with Gasteiger partial charge in [-0.05, 0) is 19.3 Å². The fourth-order valence-electron chi connectivity index (χ4n) is 2.82. The predicted molar refractivity (Wildman–Crippen MR) is 68.2 cm³/mol. The van der Waals surface area contributed by atoms with Crippen molar-refractivity contribution in [2.75, 3.05) is 5.73 Å². The number of nitrogen functional groups attached to an aromatic ring is 1. The van der Waals surface area contributed by atoms with Gasteiger partial charge in [0.2, 0.25) is 5.95 Å². The molecule has 18 heavy (non-hydrogen) atoms. The summed E-state index contributed by atoms with van der Waals surface area (Å²) in [7, 11) is 0. The first-order valence-electron chi connectivity index (χ1n) is 6.61. The molecule has 0 aliphatic carbocycles. The van der Waals surface area contributed by atoms with E-state index in [1.165, 1.54) is 6.42 Å². The number of aromatic nitrogens is 3. The summed E-state index contributed by atoms with van der Waals surface area (Å²) in [5, 5.41) is 0. The third-order valence-electron chi connectivity index (χ3n) is 3.78. The lowest BCUT2D eigenvalue weighted by Gasteiger charge is -2.21. The number of hydrogen-bond donors (Lipinski definition) is 1. The van der Waals surface area contributed by atoms with Crippen molar-refractivity contribution in [2.45, 2.75) is 63.6 Å². The van der Waals surface area contributed by atoms with Gasteiger partial charge in [-0.1, -0.05) is 20.8 Å². The van der Waals surface area contributed by atoms with Gasteiger partial charge in [0.05, 0.1) is 12.2 Å². The zero-order chi connectivity index (χ0) is 12.9. The lowest BCUT2D eigenvalue weighted by atomic mass is 9.88. The van der Waals surface area contributed by atoms with Gasteiger partial charge in [0.25, 0.3) is 0 Å². The molecule has 3 heterocycles. The van der Waals surface area contributed by atoms with Gasteiger partial charge in [-0.15, -0.1) is 0 Å². The highest BCUT2D eigenvalue weighted by Crippen LogP contribution is 2.43. The van der Waals surface area contributed by atoms with Crippen LogP contribution in [0.15, 0.2) is 0 Å². The van der Waals surface area contributed by atoms with E-state index in [1.54, 1.807) is 0 Å². The zero-order valence-corrected chi connectivity index (χ0v) is 11.2. The third kappa shape index (κ3) is 1.96. The molecule has 2 aliphatic rings. The summed E-state index contributed by atoms with van der Waals surface area (Å²) in [6, 6.07) is 0. The zero-order valence-electron chi connectivity index (χ0n) is 11.2. The molecule has 0 saturated carbocycles. The summed E-state index contributed by atoms with van der Waals surface area (Å²) in [4.78, 5) is 13.2. The standard InChI is InChI=1S/C13H20N4O/c1-13(2,3)11-15-10(16-12(14)17-11)8-6-7-4-5-9(8)18-7/h7-9H,4-6H2,1-3H3,(H2,14,15,16,17). The van der Waals surface area contributed by atoms with Crippen LogP contribution in [0.25, 0.3) is 0 Å². The highest BCUT2D eigenvalue weighted by molar-refractivity contribution is 5.22. The Hall–Kier alpha value is -1.23. The van der Waals surface area contributed by atoms with E-state index >= 15 is 0 Å². The van der Waals surface area contributed by atoms with Gasteiger partial charge in [-0.3, -0.25) is 0 Å². The molecule has 0 radical (unpaired) electrons. The largest absolute Gasteiger partial charge is 0.374 e. The number of rotatable bonds is 1. The minimum Gasteiger partial charge on any atom is -0.374 e. The SMILES string of the molecule is CC(C)(C)c1nc(N)nc(C2CC3CCC2O3)n1. The Morgan fingerprint density at radius 1 is 1.17 bits per heavy atom. The molecular formula is C13H20N4O. The van der Waals surface area contributed by atoms with Crippen molar-refractivity contribution in [3.63, 3.8) is 0 Å². The van der Waals surface area contributed by atoms with E-state index in [9.17, 15) is 0 Å². The summed E-state index contributed by atoms with van der Waals surface area (Å²) in [6.07, 6.45) is 4.00. The Labute approximate surface area is 107 Å². The van der Waals surface area contributed by atoms with Crippen molar-refractivity contribution in [1.29, 1.82) is 0 Å². The fraction of sp³-hybridized carbons (Fsp3) is 0.769. The van der Waals surface area contributed by atoms with E-state index < -0.39 is 0 Å². The number of anilines is 1. The average Bonchev–Trinajstić information content (AvgIpc) is 2.88. The van der Waals surface area contributed by atoms with E-state index in [0.29, 0.717) is 18.0 Å². The van der Waals surface area contributed by atoms with Crippen LogP contribution in [0.1, 0.15) is 57.6 Å². The van der Waals surface area contributed by atoms with E-state index in [1.807, 2.05) is 0 Å². The molecule has 3 unspecified atom stereocenters. The lowest BCUT2D eigenvalue weighted by Crippen LogP contribution is -2.23. The maximum Gasteiger partial charge on any atom is 0.223 e. The molecular weight excluding hydrogens is 228 g/mol. The van der Waals surface area contributed by atoms with E-state index in [2.05, 4.69) is 35.7 Å². The van der Waals surface area contributed by atoms with Gasteiger partial charge in [0.1, 0.15) is 11.6 Å². The van der Waals surface area contributed by atoms with Crippen LogP contribution in [0.5, 0.6) is 0 Å². The Balaban J connectivity index is 1.95. The molecule has 2 saturated heterocycles. The summed E-state index contributed by atoms with van der Waals surface area (Å²) in [5.41, 5.74) is 5.71. The van der Waals surface area contributed by atoms with Crippen LogP contribution in [0.3, 0.4) is 0 Å². The number of fused-ring (bicyclic) bond motifs is 2. The minimum atomic E-state index is -0.107. The van der Waals surface area contributed by atoms with E-state index in [0.717, 1.165) is 24.5 Å². The van der Waals surface area contributed by atoms with E-state index in [4.69, 9.17) is 10.5 Å². The molecule has 5 heteroatoms. The van der Waals surface area contributed by atoms with Crippen molar-refractivity contribution in [3.8, 4) is 0 Å². The van der Waals surface area contributed by atoms with Crippen molar-refractivity contribution in [3.05, 3.63) is 11.6 Å². The predicted octanol–water partition coefficient (Wildman–Crippen LogP) is 1.79. The molecule has 0 spiro atoms. The van der Waals surface area contributed by atoms with Gasteiger partial charge in [0, 0.05) is 11.3 Å². The van der Waals surface area contributed by atoms with Gasteiger partial charge >= 0.3 is 0 Å². The summed E-state index contributed by atoms with van der Waals surface area (Å²) in [5.74, 6) is 2.22. The number of ether oxygens (including phenoxy) is 1. The number of nitrogens with two attached hydrogens (primary N) is 1. The second-order valence-electron chi connectivity index (χ2n) is 6.34. The van der Waals surface area contributed by atoms with Gasteiger partial charge < -0.3 is 10.5 Å². The highest BCUT2D eigenvalue weighted by Gasteiger charge is 2.43.